The highest BCUT2D eigenvalue weighted by atomic mass is 16.4. The molecular formula is C20H25N2O2+. The summed E-state index contributed by atoms with van der Waals surface area (Å²) < 4.78 is 0. The van der Waals surface area contributed by atoms with Gasteiger partial charge in [-0.15, -0.1) is 0 Å². The molecule has 5 N–H and O–H groups in total. The summed E-state index contributed by atoms with van der Waals surface area (Å²) in [6, 6.07) is 6.38. The van der Waals surface area contributed by atoms with Gasteiger partial charge >= 0.3 is 5.97 Å². The smallest absolute Gasteiger partial charge is 0.303 e. The second kappa shape index (κ2) is 6.29. The Morgan fingerprint density at radius 2 is 2.17 bits per heavy atom. The van der Waals surface area contributed by atoms with E-state index in [0.717, 1.165) is 12.2 Å². The van der Waals surface area contributed by atoms with E-state index in [9.17, 15) is 4.79 Å². The van der Waals surface area contributed by atoms with Crippen molar-refractivity contribution >= 4 is 17.7 Å². The quantitative estimate of drug-likeness (QED) is 0.574. The summed E-state index contributed by atoms with van der Waals surface area (Å²) in [6.07, 6.45) is 9.83. The van der Waals surface area contributed by atoms with Crippen LogP contribution in [0.3, 0.4) is 0 Å². The van der Waals surface area contributed by atoms with E-state index in [-0.39, 0.29) is 17.9 Å². The predicted molar refractivity (Wildman–Crippen MR) is 96.5 cm³/mol. The zero-order valence-corrected chi connectivity index (χ0v) is 14.3. The van der Waals surface area contributed by atoms with Gasteiger partial charge in [0.1, 0.15) is 6.04 Å². The zero-order chi connectivity index (χ0) is 17.3. The Hall–Kier alpha value is -2.33. The Morgan fingerprint density at radius 3 is 2.92 bits per heavy atom. The lowest BCUT2D eigenvalue weighted by atomic mass is 9.67. The maximum atomic E-state index is 10.6. The summed E-state index contributed by atoms with van der Waals surface area (Å²) in [5, 5.41) is 10.9. The van der Waals surface area contributed by atoms with E-state index in [0.29, 0.717) is 6.42 Å². The molecule has 4 heteroatoms. The summed E-state index contributed by atoms with van der Waals surface area (Å²) >= 11 is 0. The first-order valence-electron chi connectivity index (χ1n) is 8.45. The van der Waals surface area contributed by atoms with Crippen LogP contribution in [0.15, 0.2) is 47.6 Å². The van der Waals surface area contributed by atoms with Crippen molar-refractivity contribution < 1.29 is 15.2 Å². The number of quaternary nitrogens is 1. The van der Waals surface area contributed by atoms with Gasteiger partial charge in [0.25, 0.3) is 0 Å². The molecule has 0 saturated heterocycles. The van der Waals surface area contributed by atoms with Crippen LogP contribution in [-0.2, 0) is 10.2 Å². The molecule has 4 nitrogen and oxygen atoms in total. The van der Waals surface area contributed by atoms with Gasteiger partial charge in [0.15, 0.2) is 0 Å². The van der Waals surface area contributed by atoms with Gasteiger partial charge in [-0.3, -0.25) is 4.79 Å². The Labute approximate surface area is 142 Å². The number of fused-ring (bicyclic) bond motifs is 2. The van der Waals surface area contributed by atoms with Crippen molar-refractivity contribution in [2.75, 3.05) is 12.3 Å². The van der Waals surface area contributed by atoms with Crippen molar-refractivity contribution in [1.29, 1.82) is 0 Å². The molecule has 0 aliphatic heterocycles. The third kappa shape index (κ3) is 3.15. The van der Waals surface area contributed by atoms with Crippen LogP contribution in [0.4, 0.5) is 5.69 Å². The van der Waals surface area contributed by atoms with Crippen LogP contribution in [0.2, 0.25) is 0 Å². The highest BCUT2D eigenvalue weighted by molar-refractivity contribution is 5.75. The normalized spacial score (nSPS) is 20.7. The Bertz CT molecular complexity index is 757. The van der Waals surface area contributed by atoms with Crippen molar-refractivity contribution in [3.05, 3.63) is 58.7 Å². The Kier molecular flexibility index (Phi) is 4.33. The summed E-state index contributed by atoms with van der Waals surface area (Å²) in [7, 11) is 0. The molecule has 0 spiro atoms. The maximum Gasteiger partial charge on any atom is 0.303 e. The monoisotopic (exact) mass is 325 g/mol. The van der Waals surface area contributed by atoms with Crippen molar-refractivity contribution in [2.45, 2.75) is 38.1 Å². The van der Waals surface area contributed by atoms with Crippen LogP contribution in [0.5, 0.6) is 0 Å². The summed E-state index contributed by atoms with van der Waals surface area (Å²) in [5.41, 5.74) is 11.8. The van der Waals surface area contributed by atoms with Crippen LogP contribution in [0, 0.1) is 0 Å². The zero-order valence-electron chi connectivity index (χ0n) is 14.3. The van der Waals surface area contributed by atoms with E-state index in [1.165, 1.54) is 22.3 Å². The number of hydrogen-bond donors (Lipinski definition) is 3. The number of carbonyl (C=O) groups is 1. The van der Waals surface area contributed by atoms with Crippen LogP contribution in [0.1, 0.15) is 37.8 Å². The highest BCUT2D eigenvalue weighted by Crippen LogP contribution is 2.44. The second-order valence-electron chi connectivity index (χ2n) is 7.11. The molecule has 2 aliphatic rings. The van der Waals surface area contributed by atoms with Gasteiger partial charge in [-0.2, -0.15) is 0 Å². The fourth-order valence-electron chi connectivity index (χ4n) is 3.61. The predicted octanol–water partition coefficient (Wildman–Crippen LogP) is 2.24. The fraction of sp³-hybridized carbons (Fsp3) is 0.350. The number of benzene rings is 1. The number of carboxylic acid groups (broad SMARTS) is 1. The van der Waals surface area contributed by atoms with E-state index in [2.05, 4.69) is 55.6 Å². The van der Waals surface area contributed by atoms with Gasteiger partial charge in [-0.05, 0) is 52.6 Å². The number of anilines is 1. The molecule has 0 fully saturated rings. The molecule has 126 valence electrons. The molecule has 0 amide bonds. The van der Waals surface area contributed by atoms with E-state index in [1.807, 2.05) is 6.07 Å². The molecule has 1 unspecified atom stereocenters. The minimum Gasteiger partial charge on any atom is -0.481 e. The average Bonchev–Trinajstić information content (AvgIpc) is 2.53. The lowest BCUT2D eigenvalue weighted by Gasteiger charge is -2.37. The molecule has 0 aromatic heterocycles. The van der Waals surface area contributed by atoms with Crippen molar-refractivity contribution in [1.82, 2.24) is 0 Å². The molecule has 1 aromatic carbocycles. The molecule has 2 aliphatic carbocycles. The topological polar surface area (TPSA) is 79.9 Å². The van der Waals surface area contributed by atoms with Gasteiger partial charge < -0.3 is 16.2 Å². The van der Waals surface area contributed by atoms with Gasteiger partial charge in [-0.1, -0.05) is 26.0 Å². The number of nitrogen functional groups attached to an aromatic ring is 1. The molecule has 3 rings (SSSR count). The second-order valence-corrected chi connectivity index (χ2v) is 7.11. The largest absolute Gasteiger partial charge is 0.481 e. The summed E-state index contributed by atoms with van der Waals surface area (Å²) in [6.45, 7) is 5.30. The van der Waals surface area contributed by atoms with Crippen molar-refractivity contribution in [2.24, 2.45) is 0 Å². The summed E-state index contributed by atoms with van der Waals surface area (Å²) in [5.74, 6) is -0.728. The number of allylic oxidation sites excluding steroid dienone is 3. The van der Waals surface area contributed by atoms with E-state index in [1.54, 1.807) is 0 Å². The Balaban J connectivity index is 1.82. The first-order valence-corrected chi connectivity index (χ1v) is 8.45. The van der Waals surface area contributed by atoms with Crippen LogP contribution in [-0.4, -0.2) is 23.7 Å². The van der Waals surface area contributed by atoms with E-state index >= 15 is 0 Å². The maximum absolute atomic E-state index is 10.6. The van der Waals surface area contributed by atoms with E-state index in [4.69, 9.17) is 10.8 Å². The van der Waals surface area contributed by atoms with Crippen molar-refractivity contribution in [3.8, 4) is 0 Å². The van der Waals surface area contributed by atoms with Crippen molar-refractivity contribution in [3.63, 3.8) is 0 Å². The summed E-state index contributed by atoms with van der Waals surface area (Å²) in [4.78, 5) is 10.6. The third-order valence-corrected chi connectivity index (χ3v) is 4.94. The highest BCUT2D eigenvalue weighted by Gasteiger charge is 2.34. The lowest BCUT2D eigenvalue weighted by Crippen LogP contribution is -2.89. The standard InChI is InChI=1S/C20H24N2O2/c1-20(2)17-11-15(21)7-5-13(17)10-14-6-8-16(12-18(14)20)22-9-3-4-19(23)24/h5-8,10-12,16,22H,3-4,9,21H2,1-2H3,(H,23,24)/p+1. The van der Waals surface area contributed by atoms with Crippen LogP contribution < -0.4 is 11.1 Å². The number of nitrogens with two attached hydrogens (primary N) is 2. The van der Waals surface area contributed by atoms with Gasteiger partial charge in [0.2, 0.25) is 0 Å². The van der Waals surface area contributed by atoms with E-state index < -0.39 is 5.97 Å². The minimum absolute atomic E-state index is 0.0906. The van der Waals surface area contributed by atoms with Gasteiger partial charge in [0.05, 0.1) is 13.0 Å². The molecule has 0 bridgehead atoms. The molecule has 1 aromatic rings. The minimum atomic E-state index is -0.728. The number of rotatable bonds is 5. The average molecular weight is 325 g/mol. The number of aliphatic carboxylic acids is 1. The molecule has 0 radical (unpaired) electrons. The number of carboxylic acids is 1. The van der Waals surface area contributed by atoms with Gasteiger partial charge in [-0.25, -0.2) is 0 Å². The molecule has 1 atom stereocenters. The third-order valence-electron chi connectivity index (χ3n) is 4.94. The molecular weight excluding hydrogens is 300 g/mol. The first-order chi connectivity index (χ1) is 11.4. The first kappa shape index (κ1) is 16.5. The Morgan fingerprint density at radius 1 is 1.38 bits per heavy atom. The molecule has 0 saturated carbocycles. The number of hydrogen-bond acceptors (Lipinski definition) is 2. The van der Waals surface area contributed by atoms with Gasteiger partial charge in [0, 0.05) is 17.5 Å². The fourth-order valence-corrected chi connectivity index (χ4v) is 3.61. The molecule has 0 heterocycles. The SMILES string of the molecule is CC1(C)C2=CC([NH2+]CCCC(=O)O)C=CC2=Cc2ccc(N)cc21. The van der Waals surface area contributed by atoms with Crippen LogP contribution >= 0.6 is 0 Å². The molecule has 24 heavy (non-hydrogen) atoms. The lowest BCUT2D eigenvalue weighted by molar-refractivity contribution is -0.669. The van der Waals surface area contributed by atoms with Crippen LogP contribution in [0.25, 0.3) is 6.08 Å².